The molecular formula is C26H42N4O6S. The molecular weight excluding hydrogens is 496 g/mol. The number of hydrogen-bond donors (Lipinski definition) is 2. The van der Waals surface area contributed by atoms with Gasteiger partial charge in [-0.2, -0.15) is 0 Å². The topological polar surface area (TPSA) is 129 Å². The summed E-state index contributed by atoms with van der Waals surface area (Å²) in [5.74, 6) is -2.10. The third kappa shape index (κ3) is 8.23. The number of rotatable bonds is 12. The van der Waals surface area contributed by atoms with Crippen LogP contribution in [0.25, 0.3) is 0 Å². The normalized spacial score (nSPS) is 19.5. The number of esters is 1. The van der Waals surface area contributed by atoms with Crippen LogP contribution in [0.1, 0.15) is 88.3 Å². The Hall–Kier alpha value is -2.53. The van der Waals surface area contributed by atoms with Crippen LogP contribution in [0.15, 0.2) is 5.38 Å². The number of aromatic nitrogens is 1. The molecule has 1 aliphatic rings. The summed E-state index contributed by atoms with van der Waals surface area (Å²) < 4.78 is 5.53. The number of carboxylic acids is 1. The Morgan fingerprint density at radius 3 is 2.46 bits per heavy atom. The Kier molecular flexibility index (Phi) is 11.5. The maximum absolute atomic E-state index is 13.8. The molecule has 2 N–H and O–H groups in total. The van der Waals surface area contributed by atoms with E-state index in [1.165, 1.54) is 12.3 Å². The highest BCUT2D eigenvalue weighted by atomic mass is 32.1. The molecule has 2 unspecified atom stereocenters. The van der Waals surface area contributed by atoms with Crippen LogP contribution in [-0.4, -0.2) is 82.4 Å². The van der Waals surface area contributed by atoms with Crippen molar-refractivity contribution in [2.75, 3.05) is 20.6 Å². The van der Waals surface area contributed by atoms with Gasteiger partial charge in [-0.1, -0.05) is 40.5 Å². The number of ether oxygens (including phenoxy) is 1. The van der Waals surface area contributed by atoms with Gasteiger partial charge in [0.05, 0.1) is 6.04 Å². The summed E-state index contributed by atoms with van der Waals surface area (Å²) in [4.78, 5) is 58.0. The molecule has 2 amide bonds. The molecule has 2 heterocycles. The zero-order chi connectivity index (χ0) is 27.9. The summed E-state index contributed by atoms with van der Waals surface area (Å²) in [6.45, 7) is 10.0. The molecule has 0 bridgehead atoms. The molecule has 1 aliphatic heterocycles. The lowest BCUT2D eigenvalue weighted by molar-refractivity contribution is -0.149. The lowest BCUT2D eigenvalue weighted by Crippen LogP contribution is -2.58. The van der Waals surface area contributed by atoms with Crippen LogP contribution in [-0.2, 0) is 19.1 Å². The molecule has 0 radical (unpaired) electrons. The third-order valence-electron chi connectivity index (χ3n) is 7.24. The first-order valence-corrected chi connectivity index (χ1v) is 13.9. The highest BCUT2D eigenvalue weighted by molar-refractivity contribution is 7.09. The third-order valence-corrected chi connectivity index (χ3v) is 8.18. The summed E-state index contributed by atoms with van der Waals surface area (Å²) in [5.41, 5.74) is -0.116. The average Bonchev–Trinajstić information content (AvgIpc) is 3.34. The van der Waals surface area contributed by atoms with Gasteiger partial charge in [0, 0.05) is 31.8 Å². The van der Waals surface area contributed by atoms with Crippen LogP contribution < -0.4 is 5.32 Å². The van der Waals surface area contributed by atoms with Crippen molar-refractivity contribution in [3.05, 3.63) is 16.1 Å². The average molecular weight is 539 g/mol. The number of likely N-dealkylation sites (N-methyl/N-ethyl adjacent to an activating group) is 2. The minimum atomic E-state index is -1.16. The minimum Gasteiger partial charge on any atom is -0.476 e. The molecule has 0 spiro atoms. The van der Waals surface area contributed by atoms with Crippen molar-refractivity contribution >= 4 is 35.1 Å². The maximum Gasteiger partial charge on any atom is 0.355 e. The molecule has 5 atom stereocenters. The molecule has 37 heavy (non-hydrogen) atoms. The van der Waals surface area contributed by atoms with Crippen molar-refractivity contribution in [2.24, 2.45) is 11.8 Å². The number of carboxylic acid groups (broad SMARTS) is 1. The Labute approximate surface area is 223 Å². The molecule has 1 aromatic rings. The van der Waals surface area contributed by atoms with Crippen molar-refractivity contribution in [1.82, 2.24) is 20.1 Å². The molecule has 1 aromatic heterocycles. The summed E-state index contributed by atoms with van der Waals surface area (Å²) in [6, 6.07) is -1.29. The van der Waals surface area contributed by atoms with Gasteiger partial charge < -0.3 is 20.1 Å². The van der Waals surface area contributed by atoms with E-state index in [0.29, 0.717) is 11.4 Å². The van der Waals surface area contributed by atoms with Crippen molar-refractivity contribution in [2.45, 2.75) is 91.0 Å². The molecule has 0 aromatic carbocycles. The smallest absolute Gasteiger partial charge is 0.355 e. The highest BCUT2D eigenvalue weighted by Crippen LogP contribution is 2.31. The van der Waals surface area contributed by atoms with Gasteiger partial charge >= 0.3 is 11.9 Å². The Bertz CT molecular complexity index is 951. The minimum absolute atomic E-state index is 0.0105. The molecule has 0 aliphatic carbocycles. The standard InChI is InChI=1S/C26H42N4O6S/c1-8-16(4)22(28-23(32)19-11-9-10-12-29(19)6)25(33)30(7)20(15(2)3)13-21(36-17(5)31)24-27-18(14-37-24)26(34)35/h14-16,19-22H,8-13H2,1-7H3,(H,28,32)(H,34,35)/t16-,19+,20?,21?,22-/m0/s1. The van der Waals surface area contributed by atoms with Crippen LogP contribution in [0.5, 0.6) is 0 Å². The molecule has 11 heteroatoms. The van der Waals surface area contributed by atoms with E-state index in [1.54, 1.807) is 11.9 Å². The summed E-state index contributed by atoms with van der Waals surface area (Å²) in [5, 5.41) is 14.1. The van der Waals surface area contributed by atoms with E-state index in [2.05, 4.69) is 10.3 Å². The highest BCUT2D eigenvalue weighted by Gasteiger charge is 2.37. The second kappa shape index (κ2) is 13.9. The van der Waals surface area contributed by atoms with Gasteiger partial charge in [-0.25, -0.2) is 9.78 Å². The fraction of sp³-hybridized carbons (Fsp3) is 0.731. The largest absolute Gasteiger partial charge is 0.476 e. The predicted octanol–water partition coefficient (Wildman–Crippen LogP) is 3.33. The SMILES string of the molecule is CC[C@H](C)[C@H](NC(=O)[C@H]1CCCCN1C)C(=O)N(C)C(CC(OC(C)=O)c1nc(C(=O)O)cs1)C(C)C. The van der Waals surface area contributed by atoms with Gasteiger partial charge in [0.15, 0.2) is 11.8 Å². The summed E-state index contributed by atoms with van der Waals surface area (Å²) >= 11 is 1.11. The predicted molar refractivity (Wildman–Crippen MR) is 141 cm³/mol. The van der Waals surface area contributed by atoms with Crippen molar-refractivity contribution in [3.8, 4) is 0 Å². The number of piperidine rings is 1. The second-order valence-corrected chi connectivity index (χ2v) is 11.2. The molecule has 1 saturated heterocycles. The van der Waals surface area contributed by atoms with Gasteiger partial charge in [-0.3, -0.25) is 19.3 Å². The Morgan fingerprint density at radius 1 is 1.27 bits per heavy atom. The van der Waals surface area contributed by atoms with E-state index in [4.69, 9.17) is 4.74 Å². The first kappa shape index (κ1) is 30.7. The van der Waals surface area contributed by atoms with E-state index >= 15 is 0 Å². The number of nitrogens with zero attached hydrogens (tertiary/aromatic N) is 3. The molecule has 0 saturated carbocycles. The summed E-state index contributed by atoms with van der Waals surface area (Å²) in [7, 11) is 3.64. The molecule has 208 valence electrons. The van der Waals surface area contributed by atoms with Crippen LogP contribution in [0.2, 0.25) is 0 Å². The zero-order valence-electron chi connectivity index (χ0n) is 23.0. The van der Waals surface area contributed by atoms with E-state index in [1.807, 2.05) is 39.6 Å². The van der Waals surface area contributed by atoms with Gasteiger partial charge in [-0.05, 0) is 38.3 Å². The van der Waals surface area contributed by atoms with Crippen LogP contribution in [0.3, 0.4) is 0 Å². The number of likely N-dealkylation sites (tertiary alicyclic amines) is 1. The number of amides is 2. The molecule has 10 nitrogen and oxygen atoms in total. The lowest BCUT2D eigenvalue weighted by Gasteiger charge is -2.38. The fourth-order valence-corrected chi connectivity index (χ4v) is 5.59. The molecule has 1 fully saturated rings. The number of thiazole rings is 1. The van der Waals surface area contributed by atoms with Gasteiger partial charge in [0.2, 0.25) is 11.8 Å². The van der Waals surface area contributed by atoms with Crippen molar-refractivity contribution in [1.29, 1.82) is 0 Å². The number of carbonyl (C=O) groups excluding carboxylic acids is 3. The second-order valence-electron chi connectivity index (χ2n) is 10.3. The lowest BCUT2D eigenvalue weighted by atomic mass is 9.92. The van der Waals surface area contributed by atoms with Crippen LogP contribution in [0, 0.1) is 11.8 Å². The quantitative estimate of drug-likeness (QED) is 0.388. The van der Waals surface area contributed by atoms with Gasteiger partial charge in [0.25, 0.3) is 0 Å². The summed E-state index contributed by atoms with van der Waals surface area (Å²) in [6.07, 6.45) is 2.97. The van der Waals surface area contributed by atoms with Gasteiger partial charge in [-0.15, -0.1) is 11.3 Å². The Morgan fingerprint density at radius 2 is 1.95 bits per heavy atom. The van der Waals surface area contributed by atoms with E-state index in [0.717, 1.165) is 37.1 Å². The van der Waals surface area contributed by atoms with Crippen molar-refractivity contribution < 1.29 is 29.0 Å². The van der Waals surface area contributed by atoms with E-state index in [9.17, 15) is 24.3 Å². The number of hydrogen-bond acceptors (Lipinski definition) is 8. The first-order valence-electron chi connectivity index (χ1n) is 13.0. The van der Waals surface area contributed by atoms with Gasteiger partial charge in [0.1, 0.15) is 11.0 Å². The fourth-order valence-electron chi connectivity index (χ4n) is 4.75. The van der Waals surface area contributed by atoms with E-state index in [-0.39, 0.29) is 47.8 Å². The number of carbonyl (C=O) groups is 4. The zero-order valence-corrected chi connectivity index (χ0v) is 23.8. The van der Waals surface area contributed by atoms with Crippen LogP contribution in [0.4, 0.5) is 0 Å². The van der Waals surface area contributed by atoms with Crippen LogP contribution >= 0.6 is 11.3 Å². The maximum atomic E-state index is 13.8. The Balaban J connectivity index is 2.27. The first-order chi connectivity index (χ1) is 17.4. The molecule has 2 rings (SSSR count). The number of nitrogens with one attached hydrogen (secondary N) is 1. The monoisotopic (exact) mass is 538 g/mol. The number of aromatic carboxylic acids is 1. The van der Waals surface area contributed by atoms with Crippen molar-refractivity contribution in [3.63, 3.8) is 0 Å². The van der Waals surface area contributed by atoms with E-state index < -0.39 is 24.1 Å².